The van der Waals surface area contributed by atoms with E-state index in [1.165, 1.54) is 0 Å². The number of anilines is 3. The summed E-state index contributed by atoms with van der Waals surface area (Å²) in [5.41, 5.74) is 6.22. The number of aromatic amines is 1. The fraction of sp³-hybridized carbons (Fsp3) is 0.208. The van der Waals surface area contributed by atoms with E-state index in [0.717, 1.165) is 65.4 Å². The van der Waals surface area contributed by atoms with Crippen molar-refractivity contribution in [1.82, 2.24) is 24.6 Å². The van der Waals surface area contributed by atoms with Crippen LogP contribution in [-0.2, 0) is 4.74 Å². The lowest BCUT2D eigenvalue weighted by molar-refractivity contribution is 0.0904. The smallest absolute Gasteiger partial charge is 0.205 e. The van der Waals surface area contributed by atoms with Gasteiger partial charge in [-0.25, -0.2) is 14.5 Å². The van der Waals surface area contributed by atoms with Gasteiger partial charge in [0.05, 0.1) is 28.6 Å². The van der Waals surface area contributed by atoms with Crippen LogP contribution in [-0.4, -0.2) is 43.8 Å². The summed E-state index contributed by atoms with van der Waals surface area (Å²) in [6.07, 6.45) is 3.74. The summed E-state index contributed by atoms with van der Waals surface area (Å²) in [5, 5.41) is 11.8. The molecule has 33 heavy (non-hydrogen) atoms. The number of ether oxygens (including phenoxy) is 1. The van der Waals surface area contributed by atoms with Crippen molar-refractivity contribution >= 4 is 45.6 Å². The molecule has 0 atom stereocenters. The number of rotatable bonds is 5. The van der Waals surface area contributed by atoms with Crippen molar-refractivity contribution in [3.05, 3.63) is 65.9 Å². The first-order chi connectivity index (χ1) is 16.2. The number of para-hydroxylation sites is 1. The molecule has 6 rings (SSSR count). The molecule has 0 aliphatic carbocycles. The summed E-state index contributed by atoms with van der Waals surface area (Å²) in [6.45, 7) is 1.52. The molecule has 0 unspecified atom stereocenters. The molecule has 0 amide bonds. The van der Waals surface area contributed by atoms with E-state index in [1.807, 2.05) is 54.7 Å². The van der Waals surface area contributed by atoms with E-state index in [1.54, 1.807) is 4.52 Å². The number of nitrogens with zero attached hydrogens (tertiary/aromatic N) is 4. The monoisotopic (exact) mass is 459 g/mol. The van der Waals surface area contributed by atoms with E-state index in [9.17, 15) is 0 Å². The lowest BCUT2D eigenvalue weighted by Crippen LogP contribution is -2.28. The number of fused-ring (bicyclic) bond motifs is 2. The zero-order valence-corrected chi connectivity index (χ0v) is 18.5. The molecule has 0 bridgehead atoms. The Morgan fingerprint density at radius 2 is 1.91 bits per heavy atom. The topological polar surface area (TPSA) is 92.2 Å². The van der Waals surface area contributed by atoms with Crippen molar-refractivity contribution in [2.75, 3.05) is 23.8 Å². The second-order valence-corrected chi connectivity index (χ2v) is 8.49. The fourth-order valence-corrected chi connectivity index (χ4v) is 4.37. The van der Waals surface area contributed by atoms with Gasteiger partial charge in [-0.3, -0.25) is 0 Å². The molecule has 1 aliphatic rings. The van der Waals surface area contributed by atoms with Crippen molar-refractivity contribution in [2.24, 2.45) is 0 Å². The van der Waals surface area contributed by atoms with Crippen LogP contribution in [0.25, 0.3) is 27.9 Å². The summed E-state index contributed by atoms with van der Waals surface area (Å²) in [6, 6.07) is 18.2. The van der Waals surface area contributed by atoms with Crippen molar-refractivity contribution < 1.29 is 4.74 Å². The molecular formula is C24H22ClN7O. The van der Waals surface area contributed by atoms with Crippen LogP contribution in [0, 0.1) is 0 Å². The predicted molar refractivity (Wildman–Crippen MR) is 130 cm³/mol. The third-order valence-corrected chi connectivity index (χ3v) is 6.02. The van der Waals surface area contributed by atoms with E-state index >= 15 is 0 Å². The normalized spacial score (nSPS) is 14.7. The second-order valence-electron chi connectivity index (χ2n) is 8.10. The SMILES string of the molecule is Clc1cc(NC2CCOCC2)c2ncc(-c3ccc4nc(Nc5ccccc5)[nH]c4c3)n2n1. The number of H-pyrrole nitrogens is 1. The van der Waals surface area contributed by atoms with Crippen LogP contribution >= 0.6 is 11.6 Å². The first-order valence-corrected chi connectivity index (χ1v) is 11.3. The number of imidazole rings is 2. The van der Waals surface area contributed by atoms with Crippen molar-refractivity contribution in [2.45, 2.75) is 18.9 Å². The Hall–Kier alpha value is -3.62. The zero-order chi connectivity index (χ0) is 22.2. The maximum Gasteiger partial charge on any atom is 0.205 e. The quantitative estimate of drug-likeness (QED) is 0.332. The van der Waals surface area contributed by atoms with E-state index in [4.69, 9.17) is 16.3 Å². The third-order valence-electron chi connectivity index (χ3n) is 5.83. The maximum atomic E-state index is 6.38. The van der Waals surface area contributed by atoms with Crippen LogP contribution in [0.3, 0.4) is 0 Å². The van der Waals surface area contributed by atoms with Gasteiger partial charge >= 0.3 is 0 Å². The summed E-state index contributed by atoms with van der Waals surface area (Å²) < 4.78 is 7.27. The van der Waals surface area contributed by atoms with Gasteiger partial charge in [-0.1, -0.05) is 35.9 Å². The van der Waals surface area contributed by atoms with Crippen LogP contribution in [0.4, 0.5) is 17.3 Å². The standard InChI is InChI=1S/C24H22ClN7O/c25-22-13-20(27-17-8-10-33-11-9-17)23-26-14-21(32(23)31-22)15-6-7-18-19(12-15)30-24(29-18)28-16-4-2-1-3-5-16/h1-7,12-14,17,27H,8-11H2,(H2,28,29,30). The van der Waals surface area contributed by atoms with E-state index < -0.39 is 0 Å². The summed E-state index contributed by atoms with van der Waals surface area (Å²) in [5.74, 6) is 0.690. The van der Waals surface area contributed by atoms with Gasteiger partial charge in [-0.2, -0.15) is 5.10 Å². The van der Waals surface area contributed by atoms with Gasteiger partial charge < -0.3 is 20.4 Å². The fourth-order valence-electron chi connectivity index (χ4n) is 4.19. The first-order valence-electron chi connectivity index (χ1n) is 10.9. The molecule has 0 radical (unpaired) electrons. The Kier molecular flexibility index (Phi) is 5.09. The molecule has 9 heteroatoms. The maximum absolute atomic E-state index is 6.38. The minimum absolute atomic E-state index is 0.332. The molecule has 1 fully saturated rings. The molecule has 0 saturated carbocycles. The van der Waals surface area contributed by atoms with Crippen LogP contribution in [0.15, 0.2) is 60.8 Å². The Morgan fingerprint density at radius 3 is 2.76 bits per heavy atom. The zero-order valence-electron chi connectivity index (χ0n) is 17.8. The van der Waals surface area contributed by atoms with E-state index in [2.05, 4.69) is 36.8 Å². The number of aromatic nitrogens is 5. The first kappa shape index (κ1) is 20.0. The molecule has 3 N–H and O–H groups in total. The minimum Gasteiger partial charge on any atom is -0.381 e. The van der Waals surface area contributed by atoms with E-state index in [0.29, 0.717) is 17.1 Å². The Labute approximate surface area is 195 Å². The van der Waals surface area contributed by atoms with Crippen LogP contribution < -0.4 is 10.6 Å². The average Bonchev–Trinajstić information content (AvgIpc) is 3.43. The van der Waals surface area contributed by atoms with Gasteiger partial charge in [-0.15, -0.1) is 0 Å². The Bertz CT molecular complexity index is 1420. The summed E-state index contributed by atoms with van der Waals surface area (Å²) in [7, 11) is 0. The number of hydrogen-bond donors (Lipinski definition) is 3. The number of hydrogen-bond acceptors (Lipinski definition) is 6. The van der Waals surface area contributed by atoms with Gasteiger partial charge in [0.25, 0.3) is 0 Å². The number of halogens is 1. The van der Waals surface area contributed by atoms with Gasteiger partial charge in [0.15, 0.2) is 10.8 Å². The molecule has 4 heterocycles. The van der Waals surface area contributed by atoms with E-state index in [-0.39, 0.29) is 0 Å². The van der Waals surface area contributed by atoms with Gasteiger partial charge in [0, 0.05) is 36.6 Å². The van der Waals surface area contributed by atoms with Crippen molar-refractivity contribution in [3.8, 4) is 11.3 Å². The molecule has 1 saturated heterocycles. The second kappa shape index (κ2) is 8.38. The van der Waals surface area contributed by atoms with Crippen molar-refractivity contribution in [3.63, 3.8) is 0 Å². The molecular weight excluding hydrogens is 438 g/mol. The summed E-state index contributed by atoms with van der Waals surface area (Å²) >= 11 is 6.38. The Morgan fingerprint density at radius 1 is 1.06 bits per heavy atom. The summed E-state index contributed by atoms with van der Waals surface area (Å²) in [4.78, 5) is 12.6. The number of nitrogens with one attached hydrogen (secondary N) is 3. The molecule has 2 aromatic carbocycles. The van der Waals surface area contributed by atoms with Gasteiger partial charge in [0.1, 0.15) is 0 Å². The van der Waals surface area contributed by atoms with Gasteiger partial charge in [0.2, 0.25) is 5.95 Å². The molecule has 5 aromatic rings. The lowest BCUT2D eigenvalue weighted by Gasteiger charge is -2.24. The van der Waals surface area contributed by atoms with Crippen LogP contribution in [0.1, 0.15) is 12.8 Å². The molecule has 3 aromatic heterocycles. The molecule has 0 spiro atoms. The lowest BCUT2D eigenvalue weighted by atomic mass is 10.1. The third kappa shape index (κ3) is 3.99. The highest BCUT2D eigenvalue weighted by atomic mass is 35.5. The molecule has 8 nitrogen and oxygen atoms in total. The Balaban J connectivity index is 1.34. The highest BCUT2D eigenvalue weighted by Gasteiger charge is 2.18. The van der Waals surface area contributed by atoms with Crippen molar-refractivity contribution in [1.29, 1.82) is 0 Å². The largest absolute Gasteiger partial charge is 0.381 e. The highest BCUT2D eigenvalue weighted by molar-refractivity contribution is 6.29. The number of benzene rings is 2. The van der Waals surface area contributed by atoms with Crippen LogP contribution in [0.5, 0.6) is 0 Å². The minimum atomic E-state index is 0.332. The van der Waals surface area contributed by atoms with Gasteiger partial charge in [-0.05, 0) is 37.1 Å². The highest BCUT2D eigenvalue weighted by Crippen LogP contribution is 2.29. The van der Waals surface area contributed by atoms with Crippen LogP contribution in [0.2, 0.25) is 5.15 Å². The molecule has 166 valence electrons. The predicted octanol–water partition coefficient (Wildman–Crippen LogP) is 5.26. The molecule has 1 aliphatic heterocycles. The average molecular weight is 460 g/mol.